The first-order chi connectivity index (χ1) is 2.64. The summed E-state index contributed by atoms with van der Waals surface area (Å²) >= 11 is 5.74. The van der Waals surface area contributed by atoms with Gasteiger partial charge in [-0.3, -0.25) is 0 Å². The fraction of sp³-hybridized carbons (Fsp3) is 1.00. The van der Waals surface area contributed by atoms with Crippen LogP contribution >= 0.6 is 18.1 Å². The van der Waals surface area contributed by atoms with E-state index in [1.54, 1.807) is 0 Å². The molecule has 0 saturated carbocycles. The molecular weight excluding hydrogens is 131 g/mol. The summed E-state index contributed by atoms with van der Waals surface area (Å²) < 4.78 is 0. The molecule has 0 aliphatic heterocycles. The first-order valence-electron chi connectivity index (χ1n) is 2.03. The molecule has 0 aromatic heterocycles. The van der Waals surface area contributed by atoms with Gasteiger partial charge < -0.3 is 0 Å². The maximum absolute atomic E-state index is 5.74. The topological polar surface area (TPSA) is 0 Å². The highest BCUT2D eigenvalue weighted by molar-refractivity contribution is 8.07. The number of hydrogen-bond donors (Lipinski definition) is 0. The molecule has 0 aliphatic rings. The van der Waals surface area contributed by atoms with E-state index in [4.69, 9.17) is 11.2 Å². The quantitative estimate of drug-likeness (QED) is 0.387. The van der Waals surface area contributed by atoms with Crippen LogP contribution in [0.5, 0.6) is 0 Å². The minimum atomic E-state index is -0.414. The van der Waals surface area contributed by atoms with Crippen molar-refractivity contribution in [2.24, 2.45) is 0 Å². The van der Waals surface area contributed by atoms with E-state index >= 15 is 0 Å². The smallest absolute Gasteiger partial charge is 0.0776 e. The van der Waals surface area contributed by atoms with Gasteiger partial charge in [0.15, 0.2) is 0 Å². The second kappa shape index (κ2) is 3.01. The van der Waals surface area contributed by atoms with Crippen LogP contribution in [0.2, 0.25) is 13.1 Å². The van der Waals surface area contributed by atoms with Gasteiger partial charge in [-0.05, 0) is 13.5 Å². The average Bonchev–Trinajstić information content (AvgIpc) is 1.36. The van der Waals surface area contributed by atoms with Gasteiger partial charge in [0.05, 0.1) is 8.46 Å². The molecule has 0 amide bonds. The predicted molar refractivity (Wildman–Crippen MR) is 37.6 cm³/mol. The number of halogens is 1. The van der Waals surface area contributed by atoms with Crippen molar-refractivity contribution in [2.75, 3.05) is 6.66 Å². The molecular formula is C3H10ClPSi. The van der Waals surface area contributed by atoms with E-state index in [-0.39, 0.29) is 6.82 Å². The molecule has 0 fully saturated rings. The van der Waals surface area contributed by atoms with Crippen molar-refractivity contribution in [3.63, 3.8) is 0 Å². The Hall–Kier alpha value is 0.937. The van der Waals surface area contributed by atoms with Crippen LogP contribution in [0.4, 0.5) is 0 Å². The fourth-order valence-electron chi connectivity index (χ4n) is 0. The van der Waals surface area contributed by atoms with E-state index in [2.05, 4.69) is 19.8 Å². The van der Waals surface area contributed by atoms with E-state index in [9.17, 15) is 0 Å². The molecule has 0 rings (SSSR count). The lowest BCUT2D eigenvalue weighted by molar-refractivity contribution is 2.09. The van der Waals surface area contributed by atoms with Crippen molar-refractivity contribution in [3.05, 3.63) is 0 Å². The van der Waals surface area contributed by atoms with Gasteiger partial charge in [-0.15, -0.1) is 11.2 Å². The highest BCUT2D eigenvalue weighted by atomic mass is 35.7. The zero-order valence-corrected chi connectivity index (χ0v) is 7.21. The molecule has 0 heterocycles. The van der Waals surface area contributed by atoms with Crippen LogP contribution < -0.4 is 0 Å². The largest absolute Gasteiger partial charge is 0.102 e. The first-order valence-corrected chi connectivity index (χ1v) is 8.65. The molecule has 6 heavy (non-hydrogen) atoms. The van der Waals surface area contributed by atoms with Gasteiger partial charge in [0.2, 0.25) is 0 Å². The molecule has 0 aromatic rings. The fourth-order valence-corrected chi connectivity index (χ4v) is 0. The van der Waals surface area contributed by atoms with Gasteiger partial charge in [-0.1, -0.05) is 13.1 Å². The highest BCUT2D eigenvalue weighted by Gasteiger charge is 2.00. The molecule has 3 heteroatoms. The van der Waals surface area contributed by atoms with E-state index in [0.29, 0.717) is 0 Å². The van der Waals surface area contributed by atoms with Gasteiger partial charge in [0, 0.05) is 0 Å². The molecule has 0 bridgehead atoms. The molecule has 0 saturated heterocycles. The van der Waals surface area contributed by atoms with Crippen molar-refractivity contribution < 1.29 is 0 Å². The lowest BCUT2D eigenvalue weighted by Gasteiger charge is -2.01. The third kappa shape index (κ3) is 3.14. The van der Waals surface area contributed by atoms with E-state index in [1.165, 1.54) is 0 Å². The van der Waals surface area contributed by atoms with Crippen molar-refractivity contribution in [1.29, 1.82) is 0 Å². The van der Waals surface area contributed by atoms with Crippen LogP contribution in [-0.2, 0) is 0 Å². The Balaban J connectivity index is 2.99. The van der Waals surface area contributed by atoms with Crippen molar-refractivity contribution in [1.82, 2.24) is 0 Å². The maximum Gasteiger partial charge on any atom is 0.0776 e. The third-order valence-electron chi connectivity index (χ3n) is 0.712. The Bertz CT molecular complexity index is 31.8. The molecule has 0 aliphatic carbocycles. The molecule has 0 nitrogen and oxygen atoms in total. The van der Waals surface area contributed by atoms with Crippen LogP contribution in [0.3, 0.4) is 0 Å². The Kier molecular flexibility index (Phi) is 3.48. The summed E-state index contributed by atoms with van der Waals surface area (Å²) in [4.78, 5) is 0. The average molecular weight is 141 g/mol. The van der Waals surface area contributed by atoms with Gasteiger partial charge in [-0.2, -0.15) is 0 Å². The van der Waals surface area contributed by atoms with Crippen molar-refractivity contribution in [2.45, 2.75) is 13.1 Å². The normalized spacial score (nSPS) is 15.5. The zero-order chi connectivity index (χ0) is 5.15. The molecule has 0 spiro atoms. The minimum absolute atomic E-state index is 0.0484. The van der Waals surface area contributed by atoms with E-state index in [1.807, 2.05) is 0 Å². The van der Waals surface area contributed by atoms with Gasteiger partial charge >= 0.3 is 0 Å². The Morgan fingerprint density at radius 1 is 1.50 bits per heavy atom. The maximum atomic E-state index is 5.74. The van der Waals surface area contributed by atoms with Gasteiger partial charge in [0.25, 0.3) is 0 Å². The summed E-state index contributed by atoms with van der Waals surface area (Å²) in [5.41, 5.74) is 0. The second-order valence-corrected chi connectivity index (χ2v) is 12.9. The second-order valence-electron chi connectivity index (χ2n) is 1.62. The Labute approximate surface area is 46.9 Å². The van der Waals surface area contributed by atoms with Crippen molar-refractivity contribution in [3.8, 4) is 0 Å². The number of hydrogen-bond acceptors (Lipinski definition) is 0. The van der Waals surface area contributed by atoms with Crippen LogP contribution in [0.25, 0.3) is 0 Å². The lowest BCUT2D eigenvalue weighted by Crippen LogP contribution is -1.89. The number of rotatable bonds is 1. The minimum Gasteiger partial charge on any atom is -0.102 e. The van der Waals surface area contributed by atoms with Crippen LogP contribution in [-0.4, -0.2) is 15.1 Å². The zero-order valence-electron chi connectivity index (χ0n) is 4.40. The van der Waals surface area contributed by atoms with E-state index < -0.39 is 8.46 Å². The first kappa shape index (κ1) is 6.94. The Morgan fingerprint density at radius 3 is 1.67 bits per heavy atom. The van der Waals surface area contributed by atoms with Crippen LogP contribution in [0.15, 0.2) is 0 Å². The summed E-state index contributed by atoms with van der Waals surface area (Å²) in [6.07, 6.45) is 0. The van der Waals surface area contributed by atoms with Gasteiger partial charge in [-0.25, -0.2) is 0 Å². The summed E-state index contributed by atoms with van der Waals surface area (Å²) in [6.45, 7) is 6.64. The molecule has 1 atom stereocenters. The van der Waals surface area contributed by atoms with E-state index in [0.717, 1.165) is 0 Å². The third-order valence-corrected chi connectivity index (χ3v) is 9.92. The summed E-state index contributed by atoms with van der Waals surface area (Å²) in [7, 11) is -0.414. The molecule has 0 N–H and O–H groups in total. The predicted octanol–water partition coefficient (Wildman–Crippen LogP) is 2.24. The monoisotopic (exact) mass is 140 g/mol. The lowest BCUT2D eigenvalue weighted by atomic mass is 11.9. The Morgan fingerprint density at radius 2 is 1.67 bits per heavy atom. The summed E-state index contributed by atoms with van der Waals surface area (Å²) in [5, 5.41) is 0. The summed E-state index contributed by atoms with van der Waals surface area (Å²) in [5.74, 6) is 0. The molecule has 1 unspecified atom stereocenters. The van der Waals surface area contributed by atoms with Crippen LogP contribution in [0, 0.1) is 0 Å². The standard InChI is InChI=1S/C3H10ClPSi/c1-5(4)6(2)3/h6H,1-3H3. The molecule has 0 radical (unpaired) electrons. The van der Waals surface area contributed by atoms with Crippen molar-refractivity contribution >= 4 is 26.5 Å². The molecule has 0 aromatic carbocycles. The highest BCUT2D eigenvalue weighted by Crippen LogP contribution is 2.38. The molecule has 38 valence electrons. The summed E-state index contributed by atoms with van der Waals surface area (Å²) in [6, 6.07) is 0. The van der Waals surface area contributed by atoms with Crippen LogP contribution in [0.1, 0.15) is 0 Å². The SMILES string of the molecule is C[SiH](C)P(C)Cl. The van der Waals surface area contributed by atoms with Gasteiger partial charge in [0.1, 0.15) is 0 Å².